The van der Waals surface area contributed by atoms with E-state index < -0.39 is 0 Å². The Morgan fingerprint density at radius 2 is 1.50 bits per heavy atom. The third kappa shape index (κ3) is 12.9. The Kier molecular flexibility index (Phi) is 13.2. The van der Waals surface area contributed by atoms with Crippen LogP contribution in [0.1, 0.15) is 71.8 Å². The minimum absolute atomic E-state index is 0.0589. The number of carbonyl (C=O) groups excluding carboxylic acids is 1. The highest BCUT2D eigenvalue weighted by molar-refractivity contribution is 5.88. The first kappa shape index (κ1) is 25.6. The zero-order valence-corrected chi connectivity index (χ0v) is 19.2. The monoisotopic (exact) mass is 409 g/mol. The molecule has 0 aliphatic heterocycles. The second kappa shape index (κ2) is 15.4. The molecular formula is C27H39NO2. The van der Waals surface area contributed by atoms with E-state index in [9.17, 15) is 9.90 Å². The average Bonchev–Trinajstić information content (AvgIpc) is 2.71. The Morgan fingerprint density at radius 1 is 0.867 bits per heavy atom. The van der Waals surface area contributed by atoms with Crippen molar-refractivity contribution in [3.8, 4) is 0 Å². The summed E-state index contributed by atoms with van der Waals surface area (Å²) in [5.41, 5.74) is 5.99. The van der Waals surface area contributed by atoms with Gasteiger partial charge in [-0.05, 0) is 77.4 Å². The zero-order chi connectivity index (χ0) is 22.2. The van der Waals surface area contributed by atoms with Crippen molar-refractivity contribution >= 4 is 5.91 Å². The number of benzene rings is 1. The van der Waals surface area contributed by atoms with Crippen LogP contribution in [0.15, 0.2) is 76.9 Å². The fourth-order valence-electron chi connectivity index (χ4n) is 3.08. The number of nitrogens with one attached hydrogen (secondary N) is 1. The predicted molar refractivity (Wildman–Crippen MR) is 128 cm³/mol. The smallest absolute Gasteiger partial charge is 0.244 e. The number of hydrogen-bond acceptors (Lipinski definition) is 2. The molecule has 0 bridgehead atoms. The third-order valence-electron chi connectivity index (χ3n) is 4.91. The van der Waals surface area contributed by atoms with Crippen molar-refractivity contribution in [1.29, 1.82) is 0 Å². The quantitative estimate of drug-likeness (QED) is 0.292. The molecule has 3 nitrogen and oxygen atoms in total. The number of aliphatic hydroxyl groups is 1. The molecule has 1 aromatic rings. The Labute approximate surface area is 183 Å². The van der Waals surface area contributed by atoms with Gasteiger partial charge in [-0.3, -0.25) is 4.79 Å². The lowest BCUT2D eigenvalue weighted by molar-refractivity contribution is -0.116. The van der Waals surface area contributed by atoms with Crippen molar-refractivity contribution in [2.45, 2.75) is 72.8 Å². The molecule has 0 saturated carbocycles. The third-order valence-corrected chi connectivity index (χ3v) is 4.91. The van der Waals surface area contributed by atoms with Gasteiger partial charge in [-0.1, -0.05) is 65.3 Å². The Bertz CT molecular complexity index is 750. The lowest BCUT2D eigenvalue weighted by Gasteiger charge is -2.05. The molecule has 3 heteroatoms. The van der Waals surface area contributed by atoms with Gasteiger partial charge in [-0.25, -0.2) is 0 Å². The number of carbonyl (C=O) groups is 1. The minimum atomic E-state index is -0.0589. The highest BCUT2D eigenvalue weighted by Gasteiger charge is 2.00. The fourth-order valence-corrected chi connectivity index (χ4v) is 3.08. The van der Waals surface area contributed by atoms with E-state index in [0.29, 0.717) is 6.54 Å². The Hall–Kier alpha value is -2.39. The van der Waals surface area contributed by atoms with Crippen LogP contribution in [0.2, 0.25) is 0 Å². The van der Waals surface area contributed by atoms with Crippen LogP contribution in [0.25, 0.3) is 0 Å². The maximum atomic E-state index is 12.0. The number of amides is 1. The van der Waals surface area contributed by atoms with E-state index in [-0.39, 0.29) is 12.5 Å². The molecule has 0 unspecified atom stereocenters. The summed E-state index contributed by atoms with van der Waals surface area (Å²) in [6.07, 6.45) is 14.0. The largest absolute Gasteiger partial charge is 0.392 e. The van der Waals surface area contributed by atoms with Gasteiger partial charge in [0.2, 0.25) is 5.91 Å². The highest BCUT2D eigenvalue weighted by atomic mass is 16.3. The normalized spacial score (nSPS) is 12.6. The van der Waals surface area contributed by atoms with Crippen molar-refractivity contribution in [1.82, 2.24) is 5.32 Å². The summed E-state index contributed by atoms with van der Waals surface area (Å²) in [6.45, 7) is 9.06. The van der Waals surface area contributed by atoms with Gasteiger partial charge in [0.25, 0.3) is 0 Å². The van der Waals surface area contributed by atoms with Gasteiger partial charge in [0.15, 0.2) is 0 Å². The molecular weight excluding hydrogens is 370 g/mol. The Balaban J connectivity index is 2.35. The van der Waals surface area contributed by atoms with Crippen molar-refractivity contribution < 1.29 is 9.90 Å². The van der Waals surface area contributed by atoms with Crippen molar-refractivity contribution in [3.05, 3.63) is 82.5 Å². The summed E-state index contributed by atoms with van der Waals surface area (Å²) >= 11 is 0. The van der Waals surface area contributed by atoms with Gasteiger partial charge in [-0.15, -0.1) is 0 Å². The molecule has 0 aromatic heterocycles. The number of hydrogen-bond donors (Lipinski definition) is 2. The molecule has 164 valence electrons. The van der Waals surface area contributed by atoms with Crippen LogP contribution in [-0.4, -0.2) is 17.6 Å². The van der Waals surface area contributed by atoms with E-state index in [2.05, 4.69) is 44.3 Å². The molecule has 0 atom stereocenters. The number of allylic oxidation sites excluding steroid dienone is 6. The van der Waals surface area contributed by atoms with Crippen molar-refractivity contribution in [3.63, 3.8) is 0 Å². The maximum absolute atomic E-state index is 12.0. The molecule has 0 aliphatic carbocycles. The van der Waals surface area contributed by atoms with Crippen LogP contribution in [0.4, 0.5) is 0 Å². The van der Waals surface area contributed by atoms with Gasteiger partial charge in [-0.2, -0.15) is 0 Å². The van der Waals surface area contributed by atoms with Gasteiger partial charge in [0.1, 0.15) is 0 Å². The van der Waals surface area contributed by atoms with E-state index in [4.69, 9.17) is 0 Å². The Morgan fingerprint density at radius 3 is 2.17 bits per heavy atom. The highest BCUT2D eigenvalue weighted by Crippen LogP contribution is 2.13. The molecule has 0 heterocycles. The first-order valence-electron chi connectivity index (χ1n) is 11.0. The molecule has 0 radical (unpaired) electrons. The van der Waals surface area contributed by atoms with E-state index >= 15 is 0 Å². The average molecular weight is 410 g/mol. The first-order chi connectivity index (χ1) is 14.4. The molecule has 2 N–H and O–H groups in total. The van der Waals surface area contributed by atoms with E-state index in [0.717, 1.165) is 55.2 Å². The molecule has 0 saturated heterocycles. The van der Waals surface area contributed by atoms with E-state index in [1.165, 1.54) is 11.1 Å². The summed E-state index contributed by atoms with van der Waals surface area (Å²) in [4.78, 5) is 12.0. The van der Waals surface area contributed by atoms with Crippen molar-refractivity contribution in [2.24, 2.45) is 0 Å². The first-order valence-corrected chi connectivity index (χ1v) is 11.0. The topological polar surface area (TPSA) is 49.3 Å². The summed E-state index contributed by atoms with van der Waals surface area (Å²) in [7, 11) is 0. The molecule has 0 spiro atoms. The van der Waals surface area contributed by atoms with Gasteiger partial charge < -0.3 is 10.4 Å². The molecule has 1 aromatic carbocycles. The van der Waals surface area contributed by atoms with Crippen LogP contribution in [-0.2, 0) is 11.3 Å². The minimum Gasteiger partial charge on any atom is -0.392 e. The summed E-state index contributed by atoms with van der Waals surface area (Å²) in [5, 5.41) is 12.5. The summed E-state index contributed by atoms with van der Waals surface area (Å²) in [6, 6.07) is 9.90. The number of aliphatic hydroxyl groups excluding tert-OH is 1. The molecule has 1 rings (SSSR count). The van der Waals surface area contributed by atoms with Gasteiger partial charge >= 0.3 is 0 Å². The standard InChI is InChI=1S/C27H39NO2/c1-22(2)11-8-12-23(3)13-9-17-26(21-29)18-10-14-24(4)19-27(30)28-20-25-15-6-5-7-16-25/h5-7,11,13,15-16,18-19,29H,8-10,12,14,17,20-21H2,1-4H3,(H,28,30)/b23-13+,24-19+,26-18-. The zero-order valence-electron chi connectivity index (χ0n) is 19.2. The summed E-state index contributed by atoms with van der Waals surface area (Å²) in [5.74, 6) is -0.0589. The van der Waals surface area contributed by atoms with Crippen LogP contribution in [0, 0.1) is 0 Å². The second-order valence-electron chi connectivity index (χ2n) is 8.16. The summed E-state index contributed by atoms with van der Waals surface area (Å²) < 4.78 is 0. The van der Waals surface area contributed by atoms with Gasteiger partial charge in [0.05, 0.1) is 6.61 Å². The van der Waals surface area contributed by atoms with Crippen LogP contribution in [0.5, 0.6) is 0 Å². The maximum Gasteiger partial charge on any atom is 0.244 e. The SMILES string of the molecule is CC(C)=CCC/C(C)=C/CC/C(=C/CC/C(C)=C/C(=O)NCc1ccccc1)CO. The van der Waals surface area contributed by atoms with E-state index in [1.54, 1.807) is 6.08 Å². The second-order valence-corrected chi connectivity index (χ2v) is 8.16. The number of rotatable bonds is 13. The molecule has 0 fully saturated rings. The molecule has 0 aliphatic rings. The molecule has 30 heavy (non-hydrogen) atoms. The van der Waals surface area contributed by atoms with Crippen molar-refractivity contribution in [2.75, 3.05) is 6.61 Å². The fraction of sp³-hybridized carbons (Fsp3) is 0.444. The predicted octanol–water partition coefficient (Wildman–Crippen LogP) is 6.42. The van der Waals surface area contributed by atoms with Gasteiger partial charge in [0, 0.05) is 12.6 Å². The lowest BCUT2D eigenvalue weighted by atomic mass is 10.0. The van der Waals surface area contributed by atoms with Crippen LogP contribution in [0.3, 0.4) is 0 Å². The molecule has 1 amide bonds. The van der Waals surface area contributed by atoms with Crippen LogP contribution < -0.4 is 5.32 Å². The lowest BCUT2D eigenvalue weighted by Crippen LogP contribution is -2.20. The van der Waals surface area contributed by atoms with Crippen LogP contribution >= 0.6 is 0 Å². The van der Waals surface area contributed by atoms with E-state index in [1.807, 2.05) is 37.3 Å².